The Labute approximate surface area is 228 Å². The maximum Gasteiger partial charge on any atom is 0.490 e. The molecule has 2 aromatic rings. The molecule has 14 heteroatoms. The second-order valence-electron chi connectivity index (χ2n) is 10.0. The van der Waals surface area contributed by atoms with Crippen LogP contribution >= 0.6 is 0 Å². The number of aliphatic hydroxyl groups is 1. The molecule has 1 aromatic heterocycles. The molecule has 3 N–H and O–H groups in total. The van der Waals surface area contributed by atoms with Gasteiger partial charge in [0.25, 0.3) is 0 Å². The average Bonchev–Trinajstić information content (AvgIpc) is 3.44. The lowest BCUT2D eigenvalue weighted by molar-refractivity contribution is -0.192. The Morgan fingerprint density at radius 3 is 2.45 bits per heavy atom. The first-order chi connectivity index (χ1) is 19.1. The maximum absolute atomic E-state index is 12.8. The zero-order chi connectivity index (χ0) is 28.7. The molecule has 0 radical (unpaired) electrons. The molecule has 2 atom stereocenters. The van der Waals surface area contributed by atoms with E-state index >= 15 is 0 Å². The molecule has 0 spiro atoms. The van der Waals surface area contributed by atoms with Crippen LogP contribution in [0.3, 0.4) is 0 Å². The van der Waals surface area contributed by atoms with Crippen LogP contribution in [-0.2, 0) is 16.0 Å². The Balaban J connectivity index is 0.000000470. The maximum atomic E-state index is 12.8. The number of carbonyl (C=O) groups excluding carboxylic acids is 1. The summed E-state index contributed by atoms with van der Waals surface area (Å²) in [6, 6.07) is 5.06. The van der Waals surface area contributed by atoms with Crippen molar-refractivity contribution in [2.45, 2.75) is 69.2 Å². The number of carbonyl (C=O) groups is 2. The van der Waals surface area contributed by atoms with Crippen LogP contribution in [0, 0.1) is 0 Å². The van der Waals surface area contributed by atoms with E-state index in [0.717, 1.165) is 44.6 Å². The van der Waals surface area contributed by atoms with Gasteiger partial charge in [-0.25, -0.2) is 4.79 Å². The summed E-state index contributed by atoms with van der Waals surface area (Å²) in [5, 5.41) is 25.4. The number of hydrogen-bond donors (Lipinski definition) is 3. The molecule has 0 unspecified atom stereocenters. The van der Waals surface area contributed by atoms with Crippen LogP contribution < -0.4 is 14.8 Å². The van der Waals surface area contributed by atoms with Crippen LogP contribution in [0.1, 0.15) is 67.8 Å². The standard InChI is InChI=1S/C24H32N4O5.C2HF3O2/c29-21(4-3-5-22-26-24(27-33-22)16-6-7-16)25-18(15-28-10-1-2-11-28)23(30)17-8-9-19-20(14-17)32-13-12-31-19;3-2(4,5)1(6)7/h8-9,14,16,18,23,30H,1-7,10-13,15H2,(H,25,29);(H,6,7)/t18-,23-;/m1./s1. The minimum atomic E-state index is -5.08. The van der Waals surface area contributed by atoms with Gasteiger partial charge in [-0.15, -0.1) is 0 Å². The fourth-order valence-corrected chi connectivity index (χ4v) is 4.50. The SMILES string of the molecule is O=C(CCCc1nc(C2CC2)no1)N[C@H](CN1CCCC1)[C@H](O)c1ccc2c(c1)OCCO2.O=C(O)C(F)(F)F. The first-order valence-electron chi connectivity index (χ1n) is 13.3. The first kappa shape index (κ1) is 29.6. The average molecular weight is 571 g/mol. The second kappa shape index (κ2) is 13.3. The summed E-state index contributed by atoms with van der Waals surface area (Å²) >= 11 is 0. The summed E-state index contributed by atoms with van der Waals surface area (Å²) in [5.74, 6) is 0.319. The van der Waals surface area contributed by atoms with Gasteiger partial charge in [-0.1, -0.05) is 11.2 Å². The highest BCUT2D eigenvalue weighted by molar-refractivity contribution is 5.76. The highest BCUT2D eigenvalue weighted by atomic mass is 19.4. The van der Waals surface area contributed by atoms with Crippen LogP contribution in [0.2, 0.25) is 0 Å². The Morgan fingerprint density at radius 2 is 1.80 bits per heavy atom. The van der Waals surface area contributed by atoms with Crippen molar-refractivity contribution in [1.82, 2.24) is 20.4 Å². The van der Waals surface area contributed by atoms with Crippen molar-refractivity contribution in [1.29, 1.82) is 0 Å². The van der Waals surface area contributed by atoms with Gasteiger partial charge in [0.05, 0.1) is 6.04 Å². The predicted octanol–water partition coefficient (Wildman–Crippen LogP) is 2.99. The quantitative estimate of drug-likeness (QED) is 0.390. The third-order valence-corrected chi connectivity index (χ3v) is 6.75. The number of aromatic nitrogens is 2. The molecule has 5 rings (SSSR count). The topological polar surface area (TPSA) is 147 Å². The number of halogens is 3. The van der Waals surface area contributed by atoms with Crippen molar-refractivity contribution in [2.75, 3.05) is 32.8 Å². The van der Waals surface area contributed by atoms with Crippen LogP contribution in [-0.4, -0.2) is 82.2 Å². The zero-order valence-corrected chi connectivity index (χ0v) is 21.9. The summed E-state index contributed by atoms with van der Waals surface area (Å²) in [6.45, 7) is 3.59. The molecular weight excluding hydrogens is 537 g/mol. The minimum absolute atomic E-state index is 0.0854. The summed E-state index contributed by atoms with van der Waals surface area (Å²) in [7, 11) is 0. The van der Waals surface area contributed by atoms with E-state index in [9.17, 15) is 23.1 Å². The molecule has 0 bridgehead atoms. The molecule has 40 heavy (non-hydrogen) atoms. The van der Waals surface area contributed by atoms with Crippen molar-refractivity contribution in [3.05, 3.63) is 35.5 Å². The fourth-order valence-electron chi connectivity index (χ4n) is 4.50. The number of aryl methyl sites for hydroxylation is 1. The molecule has 1 amide bonds. The highest BCUT2D eigenvalue weighted by Crippen LogP contribution is 2.38. The molecule has 1 aromatic carbocycles. The molecule has 1 saturated heterocycles. The predicted molar refractivity (Wildman–Crippen MR) is 133 cm³/mol. The molecule has 3 heterocycles. The lowest BCUT2D eigenvalue weighted by atomic mass is 10.0. The number of ether oxygens (including phenoxy) is 2. The Morgan fingerprint density at radius 1 is 1.12 bits per heavy atom. The zero-order valence-electron chi connectivity index (χ0n) is 21.9. The van der Waals surface area contributed by atoms with Crippen LogP contribution in [0.4, 0.5) is 13.2 Å². The molecule has 2 aliphatic heterocycles. The van der Waals surface area contributed by atoms with Gasteiger partial charge in [0.2, 0.25) is 11.8 Å². The van der Waals surface area contributed by atoms with Gasteiger partial charge in [0.15, 0.2) is 17.3 Å². The first-order valence-corrected chi connectivity index (χ1v) is 13.3. The second-order valence-corrected chi connectivity index (χ2v) is 10.0. The highest BCUT2D eigenvalue weighted by Gasteiger charge is 2.38. The summed E-state index contributed by atoms with van der Waals surface area (Å²) in [4.78, 5) is 28.4. The number of hydrogen-bond acceptors (Lipinski definition) is 9. The van der Waals surface area contributed by atoms with E-state index in [1.807, 2.05) is 18.2 Å². The molecule has 1 aliphatic carbocycles. The number of likely N-dealkylation sites (tertiary alicyclic amines) is 1. The van der Waals surface area contributed by atoms with E-state index in [-0.39, 0.29) is 5.91 Å². The monoisotopic (exact) mass is 570 g/mol. The minimum Gasteiger partial charge on any atom is -0.486 e. The molecule has 2 fully saturated rings. The number of alkyl halides is 3. The number of amides is 1. The van der Waals surface area contributed by atoms with E-state index in [4.69, 9.17) is 23.9 Å². The number of aliphatic carboxylic acids is 1. The van der Waals surface area contributed by atoms with E-state index in [1.165, 1.54) is 0 Å². The lowest BCUT2D eigenvalue weighted by Gasteiger charge is -2.29. The third kappa shape index (κ3) is 8.55. The number of nitrogens with one attached hydrogen (secondary N) is 1. The van der Waals surface area contributed by atoms with E-state index in [2.05, 4.69) is 20.4 Å². The Hall–Kier alpha value is -3.39. The van der Waals surface area contributed by atoms with E-state index < -0.39 is 24.3 Å². The summed E-state index contributed by atoms with van der Waals surface area (Å²) < 4.78 is 48.3. The third-order valence-electron chi connectivity index (χ3n) is 6.75. The van der Waals surface area contributed by atoms with Crippen molar-refractivity contribution < 1.29 is 47.0 Å². The Bertz CT molecular complexity index is 1150. The van der Waals surface area contributed by atoms with E-state index in [0.29, 0.717) is 67.9 Å². The number of benzene rings is 1. The number of rotatable bonds is 10. The number of nitrogens with zero attached hydrogens (tertiary/aromatic N) is 3. The van der Waals surface area contributed by atoms with Crippen LogP contribution in [0.5, 0.6) is 11.5 Å². The number of carboxylic acids is 1. The van der Waals surface area contributed by atoms with E-state index in [1.54, 1.807) is 0 Å². The summed E-state index contributed by atoms with van der Waals surface area (Å²) in [6.07, 6.45) is 0.162. The summed E-state index contributed by atoms with van der Waals surface area (Å²) in [5.41, 5.74) is 0.710. The van der Waals surface area contributed by atoms with Crippen LogP contribution in [0.25, 0.3) is 0 Å². The van der Waals surface area contributed by atoms with Gasteiger partial charge < -0.3 is 34.4 Å². The fraction of sp³-hybridized carbons (Fsp3) is 0.615. The van der Waals surface area contributed by atoms with Gasteiger partial charge in [-0.3, -0.25) is 4.79 Å². The Kier molecular flexibility index (Phi) is 9.85. The number of fused-ring (bicyclic) bond motifs is 1. The molecule has 11 nitrogen and oxygen atoms in total. The van der Waals surface area contributed by atoms with Crippen molar-refractivity contribution in [2.24, 2.45) is 0 Å². The van der Waals surface area contributed by atoms with Gasteiger partial charge in [-0.05, 0) is 62.9 Å². The normalized spacial score (nSPS) is 18.4. The molecule has 1 saturated carbocycles. The van der Waals surface area contributed by atoms with Crippen LogP contribution in [0.15, 0.2) is 22.7 Å². The largest absolute Gasteiger partial charge is 0.490 e. The van der Waals surface area contributed by atoms with Crippen molar-refractivity contribution in [3.8, 4) is 11.5 Å². The smallest absolute Gasteiger partial charge is 0.486 e. The van der Waals surface area contributed by atoms with Gasteiger partial charge in [0.1, 0.15) is 19.3 Å². The van der Waals surface area contributed by atoms with Crippen molar-refractivity contribution >= 4 is 11.9 Å². The van der Waals surface area contributed by atoms with Gasteiger partial charge in [-0.2, -0.15) is 18.2 Å². The number of carboxylic acid groups (broad SMARTS) is 1. The van der Waals surface area contributed by atoms with Gasteiger partial charge in [0, 0.05) is 25.3 Å². The molecular formula is C26H33F3N4O7. The van der Waals surface area contributed by atoms with Crippen molar-refractivity contribution in [3.63, 3.8) is 0 Å². The lowest BCUT2D eigenvalue weighted by Crippen LogP contribution is -2.46. The molecule has 220 valence electrons. The van der Waals surface area contributed by atoms with Gasteiger partial charge >= 0.3 is 12.1 Å². The number of aliphatic hydroxyl groups excluding tert-OH is 1. The molecule has 3 aliphatic rings.